The summed E-state index contributed by atoms with van der Waals surface area (Å²) in [6.07, 6.45) is 1.78. The van der Waals surface area contributed by atoms with Crippen molar-refractivity contribution in [3.8, 4) is 6.07 Å². The van der Waals surface area contributed by atoms with Gasteiger partial charge in [-0.1, -0.05) is 10.8 Å². The zero-order chi connectivity index (χ0) is 12.1. The third kappa shape index (κ3) is 1.62. The monoisotopic (exact) mass is 441 g/mol. The van der Waals surface area contributed by atoms with Crippen molar-refractivity contribution in [3.05, 3.63) is 47.6 Å². The summed E-state index contributed by atoms with van der Waals surface area (Å²) in [4.78, 5) is 4.36. The number of rotatable bonds is 0. The molecule has 4 aromatic rings. The van der Waals surface area contributed by atoms with Gasteiger partial charge in [-0.15, -0.1) is 24.3 Å². The maximum atomic E-state index is 9.00. The summed E-state index contributed by atoms with van der Waals surface area (Å²) >= 11 is 1.70. The van der Waals surface area contributed by atoms with E-state index in [0.717, 1.165) is 21.9 Å². The summed E-state index contributed by atoms with van der Waals surface area (Å²) in [5.41, 5.74) is 2.33. The molecule has 0 N–H and O–H groups in total. The van der Waals surface area contributed by atoms with Crippen molar-refractivity contribution in [2.24, 2.45) is 0 Å². The van der Waals surface area contributed by atoms with E-state index in [1.165, 1.54) is 4.70 Å². The Kier molecular flexibility index (Phi) is 2.87. The molecule has 3 nitrogen and oxygen atoms in total. The number of nitriles is 1. The van der Waals surface area contributed by atoms with Crippen LogP contribution in [-0.4, -0.2) is 9.38 Å². The summed E-state index contributed by atoms with van der Waals surface area (Å²) in [5.74, 6) is 0. The molecule has 1 aromatic carbocycles. The summed E-state index contributed by atoms with van der Waals surface area (Å²) in [6.45, 7) is 0. The van der Waals surface area contributed by atoms with Crippen LogP contribution in [0.15, 0.2) is 35.8 Å². The van der Waals surface area contributed by atoms with Gasteiger partial charge < -0.3 is 4.40 Å². The minimum Gasteiger partial charge on any atom is -0.338 e. The Morgan fingerprint density at radius 3 is 3.11 bits per heavy atom. The number of fused-ring (bicyclic) bond motifs is 6. The summed E-state index contributed by atoms with van der Waals surface area (Å²) in [5, 5.41) is 13.2. The van der Waals surface area contributed by atoms with Gasteiger partial charge in [-0.3, -0.25) is 4.98 Å². The van der Waals surface area contributed by atoms with Crippen molar-refractivity contribution >= 4 is 38.0 Å². The van der Waals surface area contributed by atoms with Crippen molar-refractivity contribution in [1.82, 2.24) is 9.38 Å². The topological polar surface area (TPSA) is 41.1 Å². The molecule has 3 heterocycles. The van der Waals surface area contributed by atoms with E-state index < -0.39 is 0 Å². The van der Waals surface area contributed by atoms with E-state index in [1.54, 1.807) is 17.5 Å². The summed E-state index contributed by atoms with van der Waals surface area (Å²) in [6, 6.07) is 13.3. The second kappa shape index (κ2) is 4.43. The SMILES string of the molecule is N#Cc1cn2c3ccsc3c3ccc[c-]c3c2n1.[Ir]. The van der Waals surface area contributed by atoms with Crippen LogP contribution in [0.25, 0.3) is 26.6 Å². The standard InChI is InChI=1S/C14H6N3S.Ir/c15-7-9-8-17-12-5-6-18-13(12)10-3-1-2-4-11(10)14(17)16-9;/h1-3,5-6,8H;/q-1;. The van der Waals surface area contributed by atoms with Gasteiger partial charge in [0, 0.05) is 36.5 Å². The molecule has 19 heavy (non-hydrogen) atoms. The van der Waals surface area contributed by atoms with Crippen LogP contribution in [-0.2, 0) is 20.1 Å². The van der Waals surface area contributed by atoms with Crippen molar-refractivity contribution in [2.75, 3.05) is 0 Å². The molecule has 0 fully saturated rings. The second-order valence-corrected chi connectivity index (χ2v) is 4.94. The van der Waals surface area contributed by atoms with Crippen LogP contribution in [0.1, 0.15) is 5.69 Å². The molecule has 0 spiro atoms. The first-order valence-electron chi connectivity index (χ1n) is 5.47. The first-order chi connectivity index (χ1) is 8.88. The molecule has 5 heteroatoms. The normalized spacial score (nSPS) is 10.7. The van der Waals surface area contributed by atoms with E-state index >= 15 is 0 Å². The fourth-order valence-electron chi connectivity index (χ4n) is 2.30. The molecule has 0 atom stereocenters. The molecular formula is C14H6IrN3S-. The summed E-state index contributed by atoms with van der Waals surface area (Å²) in [7, 11) is 0. The zero-order valence-electron chi connectivity index (χ0n) is 9.55. The molecule has 0 amide bonds. The van der Waals surface area contributed by atoms with Crippen LogP contribution < -0.4 is 0 Å². The second-order valence-electron chi connectivity index (χ2n) is 4.03. The molecule has 0 saturated carbocycles. The quantitative estimate of drug-likeness (QED) is 0.394. The predicted octanol–water partition coefficient (Wildman–Crippen LogP) is 3.37. The molecule has 0 aliphatic heterocycles. The van der Waals surface area contributed by atoms with Crippen molar-refractivity contribution in [2.45, 2.75) is 0 Å². The van der Waals surface area contributed by atoms with Crippen molar-refractivity contribution in [3.63, 3.8) is 0 Å². The molecular weight excluding hydrogens is 434 g/mol. The largest absolute Gasteiger partial charge is 0.338 e. The minimum atomic E-state index is 0. The Morgan fingerprint density at radius 1 is 1.37 bits per heavy atom. The molecule has 0 aliphatic carbocycles. The van der Waals surface area contributed by atoms with Gasteiger partial charge in [0.15, 0.2) is 0 Å². The Labute approximate surface area is 126 Å². The van der Waals surface area contributed by atoms with Gasteiger partial charge >= 0.3 is 0 Å². The number of benzene rings is 1. The minimum absolute atomic E-state index is 0. The van der Waals surface area contributed by atoms with E-state index in [9.17, 15) is 0 Å². The Balaban J connectivity index is 0.00000110. The van der Waals surface area contributed by atoms with Crippen LogP contribution in [0.5, 0.6) is 0 Å². The van der Waals surface area contributed by atoms with Gasteiger partial charge in [0.05, 0.1) is 5.65 Å². The summed E-state index contributed by atoms with van der Waals surface area (Å²) < 4.78 is 3.18. The third-order valence-corrected chi connectivity index (χ3v) is 3.99. The molecule has 0 unspecified atom stereocenters. The molecule has 4 rings (SSSR count). The third-order valence-electron chi connectivity index (χ3n) is 3.05. The van der Waals surface area contributed by atoms with Gasteiger partial charge in [0.2, 0.25) is 0 Å². The molecule has 0 bridgehead atoms. The Hall–Kier alpha value is -1.73. The van der Waals surface area contributed by atoms with E-state index in [-0.39, 0.29) is 20.1 Å². The number of hydrogen-bond acceptors (Lipinski definition) is 3. The van der Waals surface area contributed by atoms with E-state index in [4.69, 9.17) is 5.26 Å². The van der Waals surface area contributed by atoms with Gasteiger partial charge in [-0.05, 0) is 11.4 Å². The Bertz CT molecular complexity index is 946. The first-order valence-corrected chi connectivity index (χ1v) is 6.35. The van der Waals surface area contributed by atoms with Crippen LogP contribution in [0.4, 0.5) is 0 Å². The maximum absolute atomic E-state index is 9.00. The smallest absolute Gasteiger partial charge is 0.148 e. The van der Waals surface area contributed by atoms with Gasteiger partial charge in [0.1, 0.15) is 11.8 Å². The average Bonchev–Trinajstić information content (AvgIpc) is 3.05. The van der Waals surface area contributed by atoms with Crippen LogP contribution in [0.2, 0.25) is 0 Å². The van der Waals surface area contributed by atoms with Gasteiger partial charge in [0.25, 0.3) is 0 Å². The molecule has 0 saturated heterocycles. The fourth-order valence-corrected chi connectivity index (χ4v) is 3.22. The van der Waals surface area contributed by atoms with Gasteiger partial charge in [-0.25, -0.2) is 0 Å². The van der Waals surface area contributed by atoms with Crippen molar-refractivity contribution in [1.29, 1.82) is 5.26 Å². The van der Waals surface area contributed by atoms with Crippen LogP contribution in [0, 0.1) is 17.4 Å². The number of pyridine rings is 1. The number of imidazole rings is 1. The Morgan fingerprint density at radius 2 is 2.26 bits per heavy atom. The number of aromatic nitrogens is 2. The van der Waals surface area contributed by atoms with Crippen LogP contribution >= 0.6 is 11.3 Å². The maximum Gasteiger partial charge on any atom is 0.148 e. The molecule has 0 aliphatic rings. The van der Waals surface area contributed by atoms with E-state index in [0.29, 0.717) is 5.69 Å². The van der Waals surface area contributed by atoms with Gasteiger partial charge in [-0.2, -0.15) is 16.6 Å². The first kappa shape index (κ1) is 12.3. The van der Waals surface area contributed by atoms with E-state index in [1.807, 2.05) is 16.5 Å². The predicted molar refractivity (Wildman–Crippen MR) is 71.6 cm³/mol. The number of thiophene rings is 1. The van der Waals surface area contributed by atoms with Crippen molar-refractivity contribution < 1.29 is 20.1 Å². The fraction of sp³-hybridized carbons (Fsp3) is 0. The zero-order valence-corrected chi connectivity index (χ0v) is 12.8. The molecule has 3 aromatic heterocycles. The number of nitrogens with zero attached hydrogens (tertiary/aromatic N) is 3. The van der Waals surface area contributed by atoms with Crippen LogP contribution in [0.3, 0.4) is 0 Å². The molecule has 93 valence electrons. The molecule has 1 radical (unpaired) electrons. The van der Waals surface area contributed by atoms with E-state index in [2.05, 4.69) is 34.6 Å². The number of hydrogen-bond donors (Lipinski definition) is 0. The average molecular weight is 441 g/mol.